The van der Waals surface area contributed by atoms with Gasteiger partial charge in [0, 0.05) is 31.7 Å². The molecule has 1 aromatic heterocycles. The van der Waals surface area contributed by atoms with Crippen LogP contribution in [0.25, 0.3) is 0 Å². The quantitative estimate of drug-likeness (QED) is 0.751. The zero-order chi connectivity index (χ0) is 17.5. The van der Waals surface area contributed by atoms with Crippen molar-refractivity contribution in [1.82, 2.24) is 15.2 Å². The van der Waals surface area contributed by atoms with Crippen LogP contribution in [0.4, 0.5) is 0 Å². The number of carbonyl (C=O) groups excluding carboxylic acids is 1. The second-order valence-corrected chi connectivity index (χ2v) is 6.84. The molecular formula is C21H27N3O. The molecule has 1 aliphatic rings. The van der Waals surface area contributed by atoms with Gasteiger partial charge in [-0.05, 0) is 43.0 Å². The first-order chi connectivity index (χ1) is 12.2. The highest BCUT2D eigenvalue weighted by Gasteiger charge is 2.31. The van der Waals surface area contributed by atoms with Crippen LogP contribution in [0.3, 0.4) is 0 Å². The maximum absolute atomic E-state index is 12.3. The lowest BCUT2D eigenvalue weighted by molar-refractivity contribution is -0.129. The molecule has 25 heavy (non-hydrogen) atoms. The molecule has 0 saturated carbocycles. The van der Waals surface area contributed by atoms with Gasteiger partial charge in [0.05, 0.1) is 5.69 Å². The van der Waals surface area contributed by atoms with Gasteiger partial charge in [0.15, 0.2) is 0 Å². The molecule has 1 aliphatic heterocycles. The van der Waals surface area contributed by atoms with Crippen molar-refractivity contribution in [3.05, 3.63) is 66.0 Å². The predicted molar refractivity (Wildman–Crippen MR) is 100 cm³/mol. The lowest BCUT2D eigenvalue weighted by Gasteiger charge is -2.28. The Hall–Kier alpha value is -2.20. The van der Waals surface area contributed by atoms with Gasteiger partial charge in [-0.3, -0.25) is 9.78 Å². The van der Waals surface area contributed by atoms with Gasteiger partial charge in [-0.1, -0.05) is 43.3 Å². The summed E-state index contributed by atoms with van der Waals surface area (Å²) in [6.45, 7) is 4.71. The van der Waals surface area contributed by atoms with Gasteiger partial charge in [0.25, 0.3) is 0 Å². The van der Waals surface area contributed by atoms with E-state index in [4.69, 9.17) is 0 Å². The Bertz CT molecular complexity index is 659. The van der Waals surface area contributed by atoms with Crippen LogP contribution in [-0.2, 0) is 11.3 Å². The van der Waals surface area contributed by atoms with Crippen LogP contribution in [-0.4, -0.2) is 34.9 Å². The first kappa shape index (κ1) is 17.6. The van der Waals surface area contributed by atoms with Crippen LogP contribution in [0.15, 0.2) is 54.7 Å². The van der Waals surface area contributed by atoms with Crippen LogP contribution in [0.1, 0.15) is 43.4 Å². The van der Waals surface area contributed by atoms with E-state index in [1.165, 1.54) is 5.56 Å². The summed E-state index contributed by atoms with van der Waals surface area (Å²) in [5, 5.41) is 3.45. The summed E-state index contributed by atoms with van der Waals surface area (Å²) in [4.78, 5) is 18.7. The second kappa shape index (κ2) is 8.77. The molecule has 132 valence electrons. The third kappa shape index (κ3) is 4.89. The van der Waals surface area contributed by atoms with Crippen LogP contribution in [0.5, 0.6) is 0 Å². The number of carbonyl (C=O) groups is 1. The van der Waals surface area contributed by atoms with Crippen LogP contribution >= 0.6 is 0 Å². The van der Waals surface area contributed by atoms with Crippen LogP contribution in [0, 0.1) is 0 Å². The Morgan fingerprint density at radius 3 is 2.76 bits per heavy atom. The molecule has 3 rings (SSSR count). The molecule has 0 aliphatic carbocycles. The number of pyridine rings is 1. The van der Waals surface area contributed by atoms with E-state index in [1.54, 1.807) is 0 Å². The molecule has 1 N–H and O–H groups in total. The van der Waals surface area contributed by atoms with Gasteiger partial charge >= 0.3 is 0 Å². The van der Waals surface area contributed by atoms with Crippen molar-refractivity contribution in [3.8, 4) is 0 Å². The van der Waals surface area contributed by atoms with Gasteiger partial charge < -0.3 is 10.2 Å². The molecule has 2 heterocycles. The molecule has 0 spiro atoms. The molecule has 1 fully saturated rings. The number of aromatic nitrogens is 1. The lowest BCUT2D eigenvalue weighted by Crippen LogP contribution is -2.37. The maximum Gasteiger partial charge on any atom is 0.222 e. The smallest absolute Gasteiger partial charge is 0.222 e. The Balaban J connectivity index is 1.48. The van der Waals surface area contributed by atoms with Crippen molar-refractivity contribution in [2.45, 2.75) is 44.7 Å². The number of amides is 1. The number of hydrogen-bond acceptors (Lipinski definition) is 3. The van der Waals surface area contributed by atoms with Crippen molar-refractivity contribution >= 4 is 5.91 Å². The fourth-order valence-corrected chi connectivity index (χ4v) is 3.51. The highest BCUT2D eigenvalue weighted by atomic mass is 16.2. The molecule has 1 aromatic carbocycles. The van der Waals surface area contributed by atoms with Crippen LogP contribution < -0.4 is 5.32 Å². The summed E-state index contributed by atoms with van der Waals surface area (Å²) in [6, 6.07) is 16.8. The molecule has 0 bridgehead atoms. The molecule has 2 atom stereocenters. The summed E-state index contributed by atoms with van der Waals surface area (Å²) in [5.74, 6) is 0.671. The average Bonchev–Trinajstić information content (AvgIpc) is 3.00. The van der Waals surface area contributed by atoms with Crippen molar-refractivity contribution in [1.29, 1.82) is 0 Å². The number of nitrogens with zero attached hydrogens (tertiary/aromatic N) is 2. The SMILES string of the molecule is C[C@H](CN1C(=O)CC[C@H]1CCNCc1ccccn1)c1ccccc1. The number of likely N-dealkylation sites (tertiary alicyclic amines) is 1. The van der Waals surface area contributed by atoms with Gasteiger partial charge in [0.1, 0.15) is 0 Å². The fourth-order valence-electron chi connectivity index (χ4n) is 3.51. The highest BCUT2D eigenvalue weighted by Crippen LogP contribution is 2.25. The first-order valence-corrected chi connectivity index (χ1v) is 9.19. The molecule has 0 unspecified atom stereocenters. The van der Waals surface area contributed by atoms with E-state index in [-0.39, 0.29) is 0 Å². The van der Waals surface area contributed by atoms with Crippen molar-refractivity contribution < 1.29 is 4.79 Å². The number of rotatable bonds is 8. The van der Waals surface area contributed by atoms with Gasteiger partial charge in [0.2, 0.25) is 5.91 Å². The minimum atomic E-state index is 0.303. The highest BCUT2D eigenvalue weighted by molar-refractivity contribution is 5.78. The van der Waals surface area contributed by atoms with E-state index in [1.807, 2.05) is 30.5 Å². The first-order valence-electron chi connectivity index (χ1n) is 9.19. The van der Waals surface area contributed by atoms with Crippen LogP contribution in [0.2, 0.25) is 0 Å². The monoisotopic (exact) mass is 337 g/mol. The molecule has 2 aromatic rings. The van der Waals surface area contributed by atoms with E-state index in [0.717, 1.165) is 38.2 Å². The molecule has 4 heteroatoms. The predicted octanol–water partition coefficient (Wildman–Crippen LogP) is 3.36. The molecule has 1 amide bonds. The third-order valence-electron chi connectivity index (χ3n) is 4.98. The molecule has 0 radical (unpaired) electrons. The second-order valence-electron chi connectivity index (χ2n) is 6.84. The minimum Gasteiger partial charge on any atom is -0.339 e. The molecular weight excluding hydrogens is 310 g/mol. The summed E-state index contributed by atoms with van der Waals surface area (Å²) in [7, 11) is 0. The summed E-state index contributed by atoms with van der Waals surface area (Å²) in [5.41, 5.74) is 2.36. The summed E-state index contributed by atoms with van der Waals surface area (Å²) < 4.78 is 0. The maximum atomic E-state index is 12.3. The fraction of sp³-hybridized carbons (Fsp3) is 0.429. The zero-order valence-corrected chi connectivity index (χ0v) is 14.9. The Kier molecular flexibility index (Phi) is 6.18. The van der Waals surface area contributed by atoms with E-state index < -0.39 is 0 Å². The van der Waals surface area contributed by atoms with E-state index in [2.05, 4.69) is 46.4 Å². The standard InChI is InChI=1S/C21H27N3O/c1-17(18-7-3-2-4-8-18)16-24-20(10-11-21(24)25)12-14-22-15-19-9-5-6-13-23-19/h2-9,13,17,20,22H,10-12,14-16H2,1H3/t17-,20+/m1/s1. The largest absolute Gasteiger partial charge is 0.339 e. The number of nitrogens with one attached hydrogen (secondary N) is 1. The Labute approximate surface area is 150 Å². The summed E-state index contributed by atoms with van der Waals surface area (Å²) in [6.07, 6.45) is 4.48. The molecule has 1 saturated heterocycles. The van der Waals surface area contributed by atoms with Gasteiger partial charge in [-0.25, -0.2) is 0 Å². The zero-order valence-electron chi connectivity index (χ0n) is 14.9. The molecule has 4 nitrogen and oxygen atoms in total. The minimum absolute atomic E-state index is 0.303. The number of benzene rings is 1. The van der Waals surface area contributed by atoms with Crippen molar-refractivity contribution in [2.75, 3.05) is 13.1 Å². The van der Waals surface area contributed by atoms with Gasteiger partial charge in [-0.2, -0.15) is 0 Å². The Morgan fingerprint density at radius 1 is 1.20 bits per heavy atom. The van der Waals surface area contributed by atoms with E-state index in [9.17, 15) is 4.79 Å². The van der Waals surface area contributed by atoms with Crippen molar-refractivity contribution in [3.63, 3.8) is 0 Å². The van der Waals surface area contributed by atoms with E-state index >= 15 is 0 Å². The summed E-state index contributed by atoms with van der Waals surface area (Å²) >= 11 is 0. The third-order valence-corrected chi connectivity index (χ3v) is 4.98. The normalized spacial score (nSPS) is 18.5. The number of hydrogen-bond donors (Lipinski definition) is 1. The van der Waals surface area contributed by atoms with E-state index in [0.29, 0.717) is 24.3 Å². The topological polar surface area (TPSA) is 45.2 Å². The van der Waals surface area contributed by atoms with Crippen molar-refractivity contribution in [2.24, 2.45) is 0 Å². The average molecular weight is 337 g/mol. The lowest BCUT2D eigenvalue weighted by atomic mass is 10.00. The van der Waals surface area contributed by atoms with Gasteiger partial charge in [-0.15, -0.1) is 0 Å². The Morgan fingerprint density at radius 2 is 2.00 bits per heavy atom.